The molecule has 45 heavy (non-hydrogen) atoms. The number of carbonyl (C=O) groups is 2. The molecule has 10 heteroatoms. The molecule has 0 aromatic carbocycles. The number of halogens is 1. The van der Waals surface area contributed by atoms with E-state index in [9.17, 15) is 19.8 Å². The van der Waals surface area contributed by atoms with Crippen molar-refractivity contribution in [3.63, 3.8) is 0 Å². The van der Waals surface area contributed by atoms with Crippen LogP contribution in [-0.4, -0.2) is 82.2 Å². The molecule has 0 spiro atoms. The van der Waals surface area contributed by atoms with E-state index in [2.05, 4.69) is 24.5 Å². The minimum Gasteiger partial charge on any atom is -0.456 e. The minimum atomic E-state index is -1.38. The van der Waals surface area contributed by atoms with E-state index in [4.69, 9.17) is 21.1 Å². The third kappa shape index (κ3) is 15.0. The number of unbranched alkanes of at least 4 members (excludes halogenated alkanes) is 12. The van der Waals surface area contributed by atoms with Gasteiger partial charge in [-0.1, -0.05) is 104 Å². The highest BCUT2D eigenvalue weighted by atomic mass is 35.5. The van der Waals surface area contributed by atoms with Crippen LogP contribution in [0.4, 0.5) is 0 Å². The van der Waals surface area contributed by atoms with E-state index in [1.807, 2.05) is 0 Å². The van der Waals surface area contributed by atoms with Crippen molar-refractivity contribution in [2.45, 2.75) is 190 Å². The van der Waals surface area contributed by atoms with Crippen molar-refractivity contribution >= 4 is 35.2 Å². The summed E-state index contributed by atoms with van der Waals surface area (Å²) in [5.41, 5.74) is -0.704. The van der Waals surface area contributed by atoms with Gasteiger partial charge >= 0.3 is 5.97 Å². The van der Waals surface area contributed by atoms with Crippen LogP contribution in [0.2, 0.25) is 0 Å². The Balaban J connectivity index is 1.76. The molecule has 0 bridgehead atoms. The van der Waals surface area contributed by atoms with Crippen molar-refractivity contribution < 1.29 is 29.3 Å². The van der Waals surface area contributed by atoms with Crippen LogP contribution < -0.4 is 10.6 Å². The summed E-state index contributed by atoms with van der Waals surface area (Å²) >= 11 is 7.83. The molecule has 8 nitrogen and oxygen atoms in total. The van der Waals surface area contributed by atoms with Crippen LogP contribution in [-0.2, 0) is 19.1 Å². The fourth-order valence-electron chi connectivity index (χ4n) is 6.73. The number of rotatable bonds is 22. The summed E-state index contributed by atoms with van der Waals surface area (Å²) < 4.78 is 11.9. The molecule has 2 saturated heterocycles. The van der Waals surface area contributed by atoms with Crippen molar-refractivity contribution in [2.24, 2.45) is 5.92 Å². The zero-order chi connectivity index (χ0) is 33.0. The van der Waals surface area contributed by atoms with E-state index < -0.39 is 47.2 Å². The maximum absolute atomic E-state index is 13.3. The smallest absolute Gasteiger partial charge is 0.306 e. The summed E-state index contributed by atoms with van der Waals surface area (Å²) in [6.45, 7) is 6.96. The van der Waals surface area contributed by atoms with Gasteiger partial charge in [-0.05, 0) is 51.3 Å². The number of hydrogen-bond donors (Lipinski definition) is 4. The fourth-order valence-corrected chi connectivity index (χ4v) is 7.66. The first kappa shape index (κ1) is 40.6. The Labute approximate surface area is 283 Å². The molecule has 2 aliphatic rings. The molecule has 2 heterocycles. The molecule has 0 aromatic rings. The summed E-state index contributed by atoms with van der Waals surface area (Å²) in [6.07, 6.45) is 18.4. The van der Waals surface area contributed by atoms with Gasteiger partial charge in [-0.3, -0.25) is 9.59 Å². The van der Waals surface area contributed by atoms with Crippen LogP contribution in [0.1, 0.15) is 143 Å². The van der Waals surface area contributed by atoms with Gasteiger partial charge in [0.25, 0.3) is 0 Å². The number of nitrogens with one attached hydrogen (secondary N) is 2. The number of thioether (sulfide) groups is 1. The highest BCUT2D eigenvalue weighted by Crippen LogP contribution is 2.33. The van der Waals surface area contributed by atoms with E-state index in [0.717, 1.165) is 51.5 Å². The average molecular weight is 677 g/mol. The zero-order valence-electron chi connectivity index (χ0n) is 28.7. The zero-order valence-corrected chi connectivity index (χ0v) is 30.2. The Hall–Kier alpha value is -0.580. The summed E-state index contributed by atoms with van der Waals surface area (Å²) in [6, 6.07) is -1.08. The summed E-state index contributed by atoms with van der Waals surface area (Å²) in [5.74, 6) is 0.0435. The van der Waals surface area contributed by atoms with Crippen LogP contribution in [0.25, 0.3) is 0 Å². The molecule has 2 rings (SSSR count). The van der Waals surface area contributed by atoms with Gasteiger partial charge < -0.3 is 30.3 Å². The van der Waals surface area contributed by atoms with E-state index in [1.165, 1.54) is 82.4 Å². The van der Waals surface area contributed by atoms with Crippen molar-refractivity contribution in [1.82, 2.24) is 10.6 Å². The number of hydrogen-bond acceptors (Lipinski definition) is 8. The largest absolute Gasteiger partial charge is 0.456 e. The Bertz CT molecular complexity index is 806. The number of aliphatic hydroxyl groups is 2. The summed E-state index contributed by atoms with van der Waals surface area (Å²) in [7, 11) is 0. The number of carbonyl (C=O) groups excluding carboxylic acids is 2. The van der Waals surface area contributed by atoms with E-state index in [0.29, 0.717) is 5.92 Å². The highest BCUT2D eigenvalue weighted by molar-refractivity contribution is 7.99. The molecule has 0 radical (unpaired) electrons. The molecule has 0 aromatic heterocycles. The molecule has 4 N–H and O–H groups in total. The molecule has 1 amide bonds. The van der Waals surface area contributed by atoms with Crippen LogP contribution >= 0.6 is 23.4 Å². The van der Waals surface area contributed by atoms with Crippen molar-refractivity contribution in [2.75, 3.05) is 12.8 Å². The van der Waals surface area contributed by atoms with Gasteiger partial charge in [0.2, 0.25) is 5.91 Å². The normalized spacial score (nSPS) is 28.6. The molecule has 2 fully saturated rings. The predicted octanol–water partition coefficient (Wildman–Crippen LogP) is 6.86. The molecule has 0 aliphatic carbocycles. The second kappa shape index (κ2) is 23.7. The maximum atomic E-state index is 13.3. The van der Waals surface area contributed by atoms with Crippen LogP contribution in [0.15, 0.2) is 0 Å². The Morgan fingerprint density at radius 3 is 2.07 bits per heavy atom. The van der Waals surface area contributed by atoms with Crippen LogP contribution in [0.5, 0.6) is 0 Å². The number of aliphatic hydroxyl groups excluding tert-OH is 2. The molecule has 2 aliphatic heterocycles. The van der Waals surface area contributed by atoms with Gasteiger partial charge in [-0.2, -0.15) is 0 Å². The van der Waals surface area contributed by atoms with Crippen molar-refractivity contribution in [3.05, 3.63) is 0 Å². The lowest BCUT2D eigenvalue weighted by Gasteiger charge is -2.45. The Morgan fingerprint density at radius 1 is 0.911 bits per heavy atom. The van der Waals surface area contributed by atoms with Gasteiger partial charge in [-0.25, -0.2) is 0 Å². The first-order chi connectivity index (χ1) is 21.7. The first-order valence-corrected chi connectivity index (χ1v) is 19.9. The number of ether oxygens (including phenoxy) is 2. The molecular formula is C35H65ClN2O6S. The Kier molecular flexibility index (Phi) is 21.4. The lowest BCUT2D eigenvalue weighted by Crippen LogP contribution is -2.65. The third-order valence-electron chi connectivity index (χ3n) is 9.54. The van der Waals surface area contributed by atoms with Gasteiger partial charge in [0.1, 0.15) is 23.7 Å². The van der Waals surface area contributed by atoms with Gasteiger partial charge in [0, 0.05) is 6.42 Å². The molecule has 4 unspecified atom stereocenters. The monoisotopic (exact) mass is 676 g/mol. The fraction of sp³-hybridized carbons (Fsp3) is 0.943. The van der Waals surface area contributed by atoms with Crippen molar-refractivity contribution in [1.29, 1.82) is 0 Å². The second-order valence-electron chi connectivity index (χ2n) is 13.4. The number of esters is 1. The maximum Gasteiger partial charge on any atom is 0.306 e. The summed E-state index contributed by atoms with van der Waals surface area (Å²) in [4.78, 5) is 26.0. The molecule has 9 atom stereocenters. The standard InChI is InChI=1S/C35H65ClN2O6S/c1-5-7-8-9-10-11-12-13-14-15-16-17-18-20-28(39)43-33-31(41)30(40)32(44-35(33)45-4)29(25(3)36)38-34(42)27-22-21-26(19-6-2)23-24-37-27/h25-27,29-33,35,37,40-41H,5-24H2,1-4H3,(H,38,42)/t25?,26?,27?,29?,30-,31+,32-,33-,35-/m1/s1. The van der Waals surface area contributed by atoms with E-state index in [-0.39, 0.29) is 18.4 Å². The SMILES string of the molecule is CCCCCCCCCCCCCCCC(=O)O[C@@H]1[C@@H](O)[C@@H](O)[C@@H](C(NC(=O)C2CCC(CCC)CCN2)C(C)Cl)O[C@@H]1SC. The Morgan fingerprint density at radius 2 is 1.51 bits per heavy atom. The van der Waals surface area contributed by atoms with Crippen molar-refractivity contribution in [3.8, 4) is 0 Å². The molecule has 0 saturated carbocycles. The molecular weight excluding hydrogens is 612 g/mol. The van der Waals surface area contributed by atoms with Gasteiger partial charge in [-0.15, -0.1) is 23.4 Å². The third-order valence-corrected chi connectivity index (χ3v) is 10.7. The lowest BCUT2D eigenvalue weighted by molar-refractivity contribution is -0.218. The van der Waals surface area contributed by atoms with E-state index in [1.54, 1.807) is 13.2 Å². The average Bonchev–Trinajstić information content (AvgIpc) is 3.26. The van der Waals surface area contributed by atoms with Crippen LogP contribution in [0.3, 0.4) is 0 Å². The molecule has 264 valence electrons. The number of alkyl halides is 1. The quantitative estimate of drug-likeness (QED) is 0.0558. The minimum absolute atomic E-state index is 0.179. The highest BCUT2D eigenvalue weighted by Gasteiger charge is 2.50. The summed E-state index contributed by atoms with van der Waals surface area (Å²) in [5, 5.41) is 28.0. The van der Waals surface area contributed by atoms with Gasteiger partial charge in [0.15, 0.2) is 6.10 Å². The lowest BCUT2D eigenvalue weighted by atomic mass is 9.92. The first-order valence-electron chi connectivity index (χ1n) is 18.1. The topological polar surface area (TPSA) is 117 Å². The van der Waals surface area contributed by atoms with Gasteiger partial charge in [0.05, 0.1) is 17.5 Å². The van der Waals surface area contributed by atoms with Crippen LogP contribution in [0, 0.1) is 5.92 Å². The number of amides is 1. The second-order valence-corrected chi connectivity index (χ2v) is 15.0. The predicted molar refractivity (Wildman–Crippen MR) is 186 cm³/mol. The van der Waals surface area contributed by atoms with E-state index >= 15 is 0 Å².